The fraction of sp³-hybridized carbons (Fsp3) is 0.111. The second kappa shape index (κ2) is 3.90. The van der Waals surface area contributed by atoms with Gasteiger partial charge in [0.05, 0.1) is 17.3 Å². The average Bonchev–Trinajstić information content (AvgIpc) is 2.65. The monoisotopic (exact) mass is 269 g/mol. The molecule has 1 aromatic heterocycles. The summed E-state index contributed by atoms with van der Waals surface area (Å²) in [6.07, 6.45) is 1.42. The maximum Gasteiger partial charge on any atom is 0.347 e. The van der Waals surface area contributed by atoms with Crippen LogP contribution in [-0.2, 0) is 0 Å². The van der Waals surface area contributed by atoms with E-state index in [2.05, 4.69) is 26.1 Å². The average molecular weight is 270 g/mol. The Morgan fingerprint density at radius 3 is 2.93 bits per heavy atom. The van der Waals surface area contributed by atoms with Gasteiger partial charge in [0.25, 0.3) is 0 Å². The first-order valence-electron chi connectivity index (χ1n) is 4.18. The van der Waals surface area contributed by atoms with Gasteiger partial charge in [0.15, 0.2) is 0 Å². The van der Waals surface area contributed by atoms with Crippen LogP contribution in [0, 0.1) is 0 Å². The highest BCUT2D eigenvalue weighted by atomic mass is 79.9. The number of benzene rings is 1. The lowest BCUT2D eigenvalue weighted by molar-refractivity contribution is 0.412. The summed E-state index contributed by atoms with van der Waals surface area (Å²) in [5.41, 5.74) is 0.424. The van der Waals surface area contributed by atoms with E-state index in [1.54, 1.807) is 19.2 Å². The number of ether oxygens (including phenoxy) is 1. The zero-order valence-electron chi connectivity index (χ0n) is 7.90. The molecule has 15 heavy (non-hydrogen) atoms. The van der Waals surface area contributed by atoms with Crippen molar-refractivity contribution in [2.45, 2.75) is 0 Å². The van der Waals surface area contributed by atoms with Crippen LogP contribution in [0.25, 0.3) is 5.69 Å². The second-order valence-corrected chi connectivity index (χ2v) is 3.70. The third kappa shape index (κ3) is 1.80. The summed E-state index contributed by atoms with van der Waals surface area (Å²) in [7, 11) is 1.57. The van der Waals surface area contributed by atoms with Crippen molar-refractivity contribution < 1.29 is 4.74 Å². The highest BCUT2D eigenvalue weighted by Crippen LogP contribution is 2.26. The van der Waals surface area contributed by atoms with Crippen LogP contribution in [0.15, 0.2) is 33.8 Å². The molecule has 0 amide bonds. The van der Waals surface area contributed by atoms with Crippen LogP contribution >= 0.6 is 15.9 Å². The van der Waals surface area contributed by atoms with Gasteiger partial charge in [0, 0.05) is 6.07 Å². The Balaban J connectivity index is 2.55. The van der Waals surface area contributed by atoms with Crippen LogP contribution in [0.3, 0.4) is 0 Å². The van der Waals surface area contributed by atoms with Gasteiger partial charge in [0.1, 0.15) is 12.1 Å². The maximum absolute atomic E-state index is 11.3. The Morgan fingerprint density at radius 2 is 2.33 bits per heavy atom. The first-order chi connectivity index (χ1) is 7.22. The zero-order chi connectivity index (χ0) is 10.8. The van der Waals surface area contributed by atoms with Crippen molar-refractivity contribution in [2.24, 2.45) is 0 Å². The lowest BCUT2D eigenvalue weighted by Crippen LogP contribution is -2.14. The lowest BCUT2D eigenvalue weighted by Gasteiger charge is -2.05. The molecule has 0 saturated carbocycles. The molecule has 0 aliphatic heterocycles. The highest BCUT2D eigenvalue weighted by Gasteiger charge is 2.05. The van der Waals surface area contributed by atoms with Crippen molar-refractivity contribution in [1.29, 1.82) is 0 Å². The zero-order valence-corrected chi connectivity index (χ0v) is 9.48. The number of halogens is 1. The number of aromatic amines is 1. The van der Waals surface area contributed by atoms with Crippen LogP contribution in [-0.4, -0.2) is 21.9 Å². The lowest BCUT2D eigenvalue weighted by atomic mass is 10.3. The fourth-order valence-corrected chi connectivity index (χ4v) is 1.64. The number of aromatic nitrogens is 3. The molecule has 1 aromatic carbocycles. The molecule has 0 spiro atoms. The van der Waals surface area contributed by atoms with Gasteiger partial charge in [-0.25, -0.2) is 14.5 Å². The van der Waals surface area contributed by atoms with E-state index < -0.39 is 0 Å². The van der Waals surface area contributed by atoms with Crippen LogP contribution < -0.4 is 10.4 Å². The van der Waals surface area contributed by atoms with Crippen LogP contribution in [0.5, 0.6) is 5.75 Å². The van der Waals surface area contributed by atoms with E-state index in [9.17, 15) is 4.79 Å². The van der Waals surface area contributed by atoms with Gasteiger partial charge >= 0.3 is 5.69 Å². The van der Waals surface area contributed by atoms with Crippen molar-refractivity contribution in [1.82, 2.24) is 14.8 Å². The van der Waals surface area contributed by atoms with E-state index in [1.165, 1.54) is 10.9 Å². The molecule has 0 saturated heterocycles. The SMILES string of the molecule is COc1cc(-n2cn[nH]c2=O)ccc1Br. The summed E-state index contributed by atoms with van der Waals surface area (Å²) >= 11 is 3.34. The number of hydrogen-bond acceptors (Lipinski definition) is 3. The standard InChI is InChI=1S/C9H8BrN3O2/c1-15-8-4-6(2-3-7(8)10)13-5-11-12-9(13)14/h2-5H,1H3,(H,12,14). The van der Waals surface area contributed by atoms with Crippen molar-refractivity contribution >= 4 is 15.9 Å². The van der Waals surface area contributed by atoms with Gasteiger partial charge in [-0.3, -0.25) is 0 Å². The fourth-order valence-electron chi connectivity index (χ4n) is 1.23. The molecule has 1 N–H and O–H groups in total. The van der Waals surface area contributed by atoms with Crippen molar-refractivity contribution in [3.05, 3.63) is 39.5 Å². The Kier molecular flexibility index (Phi) is 2.59. The number of nitrogens with one attached hydrogen (secondary N) is 1. The van der Waals surface area contributed by atoms with Crippen molar-refractivity contribution in [3.63, 3.8) is 0 Å². The molecule has 78 valence electrons. The van der Waals surface area contributed by atoms with Crippen LogP contribution in [0.1, 0.15) is 0 Å². The molecule has 5 nitrogen and oxygen atoms in total. The molecule has 2 rings (SSSR count). The largest absolute Gasteiger partial charge is 0.495 e. The predicted octanol–water partition coefficient (Wildman–Crippen LogP) is 1.33. The van der Waals surface area contributed by atoms with Gasteiger partial charge in [-0.1, -0.05) is 0 Å². The minimum atomic E-state index is -0.278. The van der Waals surface area contributed by atoms with E-state index in [-0.39, 0.29) is 5.69 Å². The van der Waals surface area contributed by atoms with Crippen LogP contribution in [0.2, 0.25) is 0 Å². The number of H-pyrrole nitrogens is 1. The number of methoxy groups -OCH3 is 1. The predicted molar refractivity (Wildman–Crippen MR) is 58.4 cm³/mol. The number of rotatable bonds is 2. The van der Waals surface area contributed by atoms with Gasteiger partial charge in [-0.05, 0) is 28.1 Å². The Labute approximate surface area is 93.8 Å². The second-order valence-electron chi connectivity index (χ2n) is 2.85. The summed E-state index contributed by atoms with van der Waals surface area (Å²) in [4.78, 5) is 11.3. The third-order valence-electron chi connectivity index (χ3n) is 1.97. The van der Waals surface area contributed by atoms with Gasteiger partial charge in [-0.2, -0.15) is 5.10 Å². The first kappa shape index (κ1) is 9.97. The molecular weight excluding hydrogens is 262 g/mol. The third-order valence-corrected chi connectivity index (χ3v) is 2.62. The normalized spacial score (nSPS) is 10.3. The molecule has 0 aliphatic rings. The minimum absolute atomic E-state index is 0.278. The molecule has 0 radical (unpaired) electrons. The Hall–Kier alpha value is -1.56. The molecule has 2 aromatic rings. The summed E-state index contributed by atoms with van der Waals surface area (Å²) in [6, 6.07) is 5.36. The molecule has 0 unspecified atom stereocenters. The quantitative estimate of drug-likeness (QED) is 0.895. The molecule has 0 aliphatic carbocycles. The van der Waals surface area contributed by atoms with Crippen LogP contribution in [0.4, 0.5) is 0 Å². The molecule has 1 heterocycles. The minimum Gasteiger partial charge on any atom is -0.495 e. The highest BCUT2D eigenvalue weighted by molar-refractivity contribution is 9.10. The Morgan fingerprint density at radius 1 is 1.53 bits per heavy atom. The Bertz CT molecular complexity index is 532. The summed E-state index contributed by atoms with van der Waals surface area (Å²) in [5, 5.41) is 5.97. The topological polar surface area (TPSA) is 59.9 Å². The van der Waals surface area contributed by atoms with Gasteiger partial charge in [-0.15, -0.1) is 0 Å². The van der Waals surface area contributed by atoms with Gasteiger partial charge in [0.2, 0.25) is 0 Å². The number of nitrogens with zero attached hydrogens (tertiary/aromatic N) is 2. The van der Waals surface area contributed by atoms with Crippen molar-refractivity contribution in [3.8, 4) is 11.4 Å². The van der Waals surface area contributed by atoms with E-state index in [0.29, 0.717) is 11.4 Å². The van der Waals surface area contributed by atoms with Crippen molar-refractivity contribution in [2.75, 3.05) is 7.11 Å². The molecule has 0 fully saturated rings. The smallest absolute Gasteiger partial charge is 0.347 e. The first-order valence-corrected chi connectivity index (χ1v) is 4.97. The summed E-state index contributed by atoms with van der Waals surface area (Å²) in [5.74, 6) is 0.667. The van der Waals surface area contributed by atoms with E-state index in [4.69, 9.17) is 4.74 Å². The maximum atomic E-state index is 11.3. The van der Waals surface area contributed by atoms with Gasteiger partial charge < -0.3 is 4.74 Å². The summed E-state index contributed by atoms with van der Waals surface area (Å²) in [6.45, 7) is 0. The molecule has 0 atom stereocenters. The number of hydrogen-bond donors (Lipinski definition) is 1. The van der Waals surface area contributed by atoms with E-state index in [1.807, 2.05) is 6.07 Å². The molecule has 0 bridgehead atoms. The van der Waals surface area contributed by atoms with E-state index >= 15 is 0 Å². The summed E-state index contributed by atoms with van der Waals surface area (Å²) < 4.78 is 7.37. The molecule has 6 heteroatoms. The molecular formula is C9H8BrN3O2. The van der Waals surface area contributed by atoms with E-state index in [0.717, 1.165) is 4.47 Å².